The molecule has 4 rings (SSSR count). The number of nitrogens with one attached hydrogen (secondary N) is 1. The second-order valence-electron chi connectivity index (χ2n) is 5.91. The predicted octanol–water partition coefficient (Wildman–Crippen LogP) is 4.07. The number of hydrazone groups is 1. The van der Waals surface area contributed by atoms with Crippen LogP contribution in [-0.4, -0.2) is 27.0 Å². The van der Waals surface area contributed by atoms with Crippen LogP contribution in [0.1, 0.15) is 15.9 Å². The summed E-state index contributed by atoms with van der Waals surface area (Å²) in [5.74, 6) is -0.575. The van der Waals surface area contributed by atoms with Crippen molar-refractivity contribution in [3.8, 4) is 22.0 Å². The monoisotopic (exact) mass is 388 g/mol. The van der Waals surface area contributed by atoms with Crippen molar-refractivity contribution in [3.05, 3.63) is 89.4 Å². The lowest BCUT2D eigenvalue weighted by Gasteiger charge is -2.01. The van der Waals surface area contributed by atoms with Gasteiger partial charge in [-0.3, -0.25) is 4.79 Å². The van der Waals surface area contributed by atoms with E-state index in [1.807, 2.05) is 54.0 Å². The number of aromatic nitrogens is 2. The summed E-state index contributed by atoms with van der Waals surface area (Å²) < 4.78 is 1.78. The molecule has 0 aliphatic rings. The van der Waals surface area contributed by atoms with Crippen LogP contribution in [0.2, 0.25) is 0 Å². The van der Waals surface area contributed by atoms with Gasteiger partial charge in [0, 0.05) is 11.8 Å². The van der Waals surface area contributed by atoms with Crippen molar-refractivity contribution in [3.63, 3.8) is 0 Å². The van der Waals surface area contributed by atoms with Gasteiger partial charge in [-0.2, -0.15) is 10.2 Å². The van der Waals surface area contributed by atoms with Gasteiger partial charge in [-0.1, -0.05) is 36.4 Å². The Hall–Kier alpha value is -3.71. The van der Waals surface area contributed by atoms with Crippen molar-refractivity contribution in [1.82, 2.24) is 15.2 Å². The van der Waals surface area contributed by atoms with Crippen molar-refractivity contribution >= 4 is 23.5 Å². The molecule has 2 aromatic carbocycles. The summed E-state index contributed by atoms with van der Waals surface area (Å²) >= 11 is 1.58. The summed E-state index contributed by atoms with van der Waals surface area (Å²) in [4.78, 5) is 13.2. The lowest BCUT2D eigenvalue weighted by atomic mass is 10.2. The molecule has 138 valence electrons. The molecule has 0 saturated heterocycles. The average molecular weight is 388 g/mol. The molecule has 0 bridgehead atoms. The summed E-state index contributed by atoms with van der Waals surface area (Å²) in [5, 5.41) is 20.5. The average Bonchev–Trinajstić information content (AvgIpc) is 3.39. The fraction of sp³-hybridized carbons (Fsp3) is 0. The van der Waals surface area contributed by atoms with Crippen LogP contribution in [0.3, 0.4) is 0 Å². The highest BCUT2D eigenvalue weighted by atomic mass is 32.1. The Kier molecular flexibility index (Phi) is 4.99. The fourth-order valence-electron chi connectivity index (χ4n) is 2.69. The van der Waals surface area contributed by atoms with Crippen molar-refractivity contribution in [2.75, 3.05) is 0 Å². The zero-order chi connectivity index (χ0) is 19.3. The summed E-state index contributed by atoms with van der Waals surface area (Å²) in [5.41, 5.74) is 5.09. The molecule has 0 aliphatic carbocycles. The highest BCUT2D eigenvalue weighted by molar-refractivity contribution is 7.13. The largest absolute Gasteiger partial charge is 0.507 e. The van der Waals surface area contributed by atoms with Gasteiger partial charge in [0.25, 0.3) is 5.91 Å². The molecule has 4 aromatic rings. The van der Waals surface area contributed by atoms with Gasteiger partial charge in [0.1, 0.15) is 11.4 Å². The molecular formula is C21H16N4O2S. The van der Waals surface area contributed by atoms with Gasteiger partial charge in [0.05, 0.1) is 22.3 Å². The Morgan fingerprint density at radius 3 is 2.61 bits per heavy atom. The van der Waals surface area contributed by atoms with E-state index in [0.717, 1.165) is 21.8 Å². The third-order valence-corrected chi connectivity index (χ3v) is 4.91. The first-order valence-corrected chi connectivity index (χ1v) is 9.41. The Morgan fingerprint density at radius 2 is 1.86 bits per heavy atom. The Labute approximate surface area is 165 Å². The van der Waals surface area contributed by atoms with Crippen LogP contribution in [0.15, 0.2) is 83.4 Å². The number of nitrogens with zero attached hydrogens (tertiary/aromatic N) is 3. The maximum Gasteiger partial charge on any atom is 0.275 e. The van der Waals surface area contributed by atoms with E-state index in [4.69, 9.17) is 0 Å². The summed E-state index contributed by atoms with van der Waals surface area (Å²) in [6.45, 7) is 0. The molecule has 1 amide bonds. The molecule has 0 fully saturated rings. The van der Waals surface area contributed by atoms with Crippen molar-refractivity contribution in [2.24, 2.45) is 5.10 Å². The number of hydrogen-bond donors (Lipinski definition) is 2. The van der Waals surface area contributed by atoms with Crippen LogP contribution in [0.25, 0.3) is 16.3 Å². The van der Waals surface area contributed by atoms with Gasteiger partial charge in [0.15, 0.2) is 0 Å². The Balaban J connectivity index is 1.61. The van der Waals surface area contributed by atoms with Gasteiger partial charge in [-0.15, -0.1) is 11.3 Å². The number of aromatic hydroxyl groups is 1. The topological polar surface area (TPSA) is 79.5 Å². The number of hydrogen-bond acceptors (Lipinski definition) is 5. The normalized spacial score (nSPS) is 11.0. The minimum absolute atomic E-state index is 0.0913. The SMILES string of the molecule is O=C(NN=Cc1cn(-c2ccccc2)nc1-c1cccs1)c1ccccc1O. The molecule has 28 heavy (non-hydrogen) atoms. The molecule has 7 heteroatoms. The van der Waals surface area contributed by atoms with Gasteiger partial charge in [-0.05, 0) is 35.7 Å². The van der Waals surface area contributed by atoms with Crippen molar-refractivity contribution in [2.45, 2.75) is 0 Å². The number of phenolic OH excluding ortho intramolecular Hbond substituents is 1. The fourth-order valence-corrected chi connectivity index (χ4v) is 3.42. The molecular weight excluding hydrogens is 372 g/mol. The number of thiophene rings is 1. The van der Waals surface area contributed by atoms with E-state index in [1.54, 1.807) is 34.4 Å². The molecule has 0 atom stereocenters. The van der Waals surface area contributed by atoms with Crippen LogP contribution in [0.4, 0.5) is 0 Å². The molecule has 2 N–H and O–H groups in total. The van der Waals surface area contributed by atoms with E-state index < -0.39 is 5.91 Å². The summed E-state index contributed by atoms with van der Waals surface area (Å²) in [6.07, 6.45) is 3.42. The second-order valence-corrected chi connectivity index (χ2v) is 6.85. The third kappa shape index (κ3) is 3.70. The van der Waals surface area contributed by atoms with Gasteiger partial charge < -0.3 is 5.11 Å². The number of para-hydroxylation sites is 2. The molecule has 0 aliphatic heterocycles. The highest BCUT2D eigenvalue weighted by Gasteiger charge is 2.13. The standard InChI is InChI=1S/C21H16N4O2S/c26-18-10-5-4-9-17(18)21(27)23-22-13-15-14-25(16-7-2-1-3-8-16)24-20(15)19-11-6-12-28-19/h1-14,26H,(H,23,27). The molecule has 0 unspecified atom stereocenters. The maximum atomic E-state index is 12.2. The van der Waals surface area contributed by atoms with Crippen molar-refractivity contribution < 1.29 is 9.90 Å². The van der Waals surface area contributed by atoms with E-state index in [2.05, 4.69) is 15.6 Å². The number of carbonyl (C=O) groups is 1. The van der Waals surface area contributed by atoms with E-state index in [1.165, 1.54) is 12.1 Å². The van der Waals surface area contributed by atoms with Crippen molar-refractivity contribution in [1.29, 1.82) is 0 Å². The maximum absolute atomic E-state index is 12.2. The number of phenols is 1. The van der Waals surface area contributed by atoms with Gasteiger partial charge in [0.2, 0.25) is 0 Å². The molecule has 2 heterocycles. The summed E-state index contributed by atoms with van der Waals surface area (Å²) in [7, 11) is 0. The number of carbonyl (C=O) groups excluding carboxylic acids is 1. The molecule has 2 aromatic heterocycles. The minimum Gasteiger partial charge on any atom is -0.507 e. The number of rotatable bonds is 5. The van der Waals surface area contributed by atoms with E-state index in [9.17, 15) is 9.90 Å². The van der Waals surface area contributed by atoms with E-state index >= 15 is 0 Å². The zero-order valence-corrected chi connectivity index (χ0v) is 15.5. The number of amides is 1. The molecule has 0 spiro atoms. The first-order valence-electron chi connectivity index (χ1n) is 8.53. The summed E-state index contributed by atoms with van der Waals surface area (Å²) in [6, 6.07) is 20.0. The molecule has 0 radical (unpaired) electrons. The lowest BCUT2D eigenvalue weighted by Crippen LogP contribution is -2.17. The first kappa shape index (κ1) is 17.7. The van der Waals surface area contributed by atoms with Crippen LogP contribution in [0, 0.1) is 0 Å². The van der Waals surface area contributed by atoms with Gasteiger partial charge >= 0.3 is 0 Å². The molecule has 0 saturated carbocycles. The zero-order valence-electron chi connectivity index (χ0n) is 14.7. The predicted molar refractivity (Wildman–Crippen MR) is 110 cm³/mol. The second kappa shape index (κ2) is 7.89. The highest BCUT2D eigenvalue weighted by Crippen LogP contribution is 2.26. The Morgan fingerprint density at radius 1 is 1.07 bits per heavy atom. The van der Waals surface area contributed by atoms with Crippen LogP contribution in [-0.2, 0) is 0 Å². The first-order chi connectivity index (χ1) is 13.7. The van der Waals surface area contributed by atoms with E-state index in [0.29, 0.717) is 0 Å². The minimum atomic E-state index is -0.484. The third-order valence-electron chi connectivity index (χ3n) is 4.04. The van der Waals surface area contributed by atoms with Gasteiger partial charge in [-0.25, -0.2) is 10.1 Å². The number of benzene rings is 2. The van der Waals surface area contributed by atoms with Crippen LogP contribution >= 0.6 is 11.3 Å². The van der Waals surface area contributed by atoms with E-state index in [-0.39, 0.29) is 11.3 Å². The quantitative estimate of drug-likeness (QED) is 0.399. The molecule has 6 nitrogen and oxygen atoms in total. The van der Waals surface area contributed by atoms with Crippen LogP contribution in [0.5, 0.6) is 5.75 Å². The smallest absolute Gasteiger partial charge is 0.275 e. The van der Waals surface area contributed by atoms with Crippen LogP contribution < -0.4 is 5.43 Å². The lowest BCUT2D eigenvalue weighted by molar-refractivity contribution is 0.0952. The Bertz CT molecular complexity index is 1120.